The van der Waals surface area contributed by atoms with E-state index in [4.69, 9.17) is 0 Å². The highest BCUT2D eigenvalue weighted by Crippen LogP contribution is 2.04. The first-order chi connectivity index (χ1) is 10.1. The summed E-state index contributed by atoms with van der Waals surface area (Å²) in [5.41, 5.74) is 1.92. The zero-order valence-electron chi connectivity index (χ0n) is 11.8. The monoisotopic (exact) mass is 283 g/mol. The van der Waals surface area contributed by atoms with Crippen LogP contribution >= 0.6 is 0 Å². The molecule has 0 aliphatic heterocycles. The van der Waals surface area contributed by atoms with Gasteiger partial charge < -0.3 is 10.6 Å². The molecule has 0 aliphatic rings. The Kier molecular flexibility index (Phi) is 5.04. The molecule has 1 heterocycles. The van der Waals surface area contributed by atoms with Crippen molar-refractivity contribution in [2.45, 2.75) is 13.3 Å². The Hall–Kier alpha value is -2.69. The molecule has 21 heavy (non-hydrogen) atoms. The van der Waals surface area contributed by atoms with Crippen molar-refractivity contribution < 1.29 is 9.59 Å². The fourth-order valence-corrected chi connectivity index (χ4v) is 1.81. The lowest BCUT2D eigenvalue weighted by Crippen LogP contribution is -2.33. The van der Waals surface area contributed by atoms with Gasteiger partial charge in [0.2, 0.25) is 11.8 Å². The molecule has 0 saturated heterocycles. The third-order valence-corrected chi connectivity index (χ3v) is 2.84. The second kappa shape index (κ2) is 7.19. The average Bonchev–Trinajstić information content (AvgIpc) is 2.46. The molecule has 0 bridgehead atoms. The number of benzene rings is 1. The Bertz CT molecular complexity index is 626. The topological polar surface area (TPSA) is 71.1 Å². The van der Waals surface area contributed by atoms with Gasteiger partial charge in [0.05, 0.1) is 13.0 Å². The van der Waals surface area contributed by atoms with Crippen LogP contribution in [0.3, 0.4) is 0 Å². The van der Waals surface area contributed by atoms with E-state index in [9.17, 15) is 9.59 Å². The van der Waals surface area contributed by atoms with Crippen LogP contribution < -0.4 is 10.6 Å². The number of rotatable bonds is 5. The third-order valence-electron chi connectivity index (χ3n) is 2.84. The summed E-state index contributed by atoms with van der Waals surface area (Å²) in [7, 11) is 0. The van der Waals surface area contributed by atoms with E-state index in [0.717, 1.165) is 11.1 Å². The van der Waals surface area contributed by atoms with Crippen LogP contribution in [0.25, 0.3) is 0 Å². The Morgan fingerprint density at radius 1 is 1.10 bits per heavy atom. The van der Waals surface area contributed by atoms with Gasteiger partial charge in [-0.1, -0.05) is 30.3 Å². The minimum absolute atomic E-state index is 0.0682. The maximum absolute atomic E-state index is 11.7. The molecule has 5 heteroatoms. The van der Waals surface area contributed by atoms with Crippen LogP contribution in [0.2, 0.25) is 0 Å². The summed E-state index contributed by atoms with van der Waals surface area (Å²) in [5, 5.41) is 5.22. The number of aryl methyl sites for hydroxylation is 1. The van der Waals surface area contributed by atoms with E-state index >= 15 is 0 Å². The lowest BCUT2D eigenvalue weighted by Gasteiger charge is -2.07. The van der Waals surface area contributed by atoms with Crippen molar-refractivity contribution in [2.24, 2.45) is 0 Å². The van der Waals surface area contributed by atoms with Gasteiger partial charge >= 0.3 is 0 Å². The predicted octanol–water partition coefficient (Wildman–Crippen LogP) is 1.69. The van der Waals surface area contributed by atoms with Crippen LogP contribution in [0.5, 0.6) is 0 Å². The minimum atomic E-state index is -0.297. The van der Waals surface area contributed by atoms with Gasteiger partial charge in [-0.3, -0.25) is 9.59 Å². The number of carbonyl (C=O) groups is 2. The molecule has 2 rings (SSSR count). The van der Waals surface area contributed by atoms with Crippen LogP contribution in [0.15, 0.2) is 48.7 Å². The Morgan fingerprint density at radius 2 is 1.86 bits per heavy atom. The number of aromatic nitrogens is 1. The zero-order valence-corrected chi connectivity index (χ0v) is 11.8. The average molecular weight is 283 g/mol. The van der Waals surface area contributed by atoms with Crippen molar-refractivity contribution in [1.82, 2.24) is 10.3 Å². The molecule has 1 aromatic heterocycles. The van der Waals surface area contributed by atoms with Gasteiger partial charge in [0.25, 0.3) is 0 Å². The quantitative estimate of drug-likeness (QED) is 0.877. The number of anilines is 1. The highest BCUT2D eigenvalue weighted by molar-refractivity contribution is 5.94. The first-order valence-electron chi connectivity index (χ1n) is 6.66. The molecule has 5 nitrogen and oxygen atoms in total. The second-order valence-electron chi connectivity index (χ2n) is 4.71. The Morgan fingerprint density at radius 3 is 2.57 bits per heavy atom. The number of amides is 2. The molecule has 2 amide bonds. The van der Waals surface area contributed by atoms with Gasteiger partial charge in [0.15, 0.2) is 0 Å². The van der Waals surface area contributed by atoms with Gasteiger partial charge in [-0.05, 0) is 30.2 Å². The molecule has 1 aromatic carbocycles. The van der Waals surface area contributed by atoms with Crippen LogP contribution in [0.4, 0.5) is 5.82 Å². The van der Waals surface area contributed by atoms with Gasteiger partial charge in [-0.15, -0.1) is 0 Å². The molecular weight excluding hydrogens is 266 g/mol. The fourth-order valence-electron chi connectivity index (χ4n) is 1.81. The lowest BCUT2D eigenvalue weighted by molar-refractivity contribution is -0.123. The van der Waals surface area contributed by atoms with Crippen molar-refractivity contribution in [3.05, 3.63) is 59.8 Å². The maximum atomic E-state index is 11.7. The number of pyridine rings is 1. The second-order valence-corrected chi connectivity index (χ2v) is 4.71. The summed E-state index contributed by atoms with van der Waals surface area (Å²) in [6, 6.07) is 13.0. The molecule has 108 valence electrons. The van der Waals surface area contributed by atoms with Crippen LogP contribution in [-0.4, -0.2) is 23.3 Å². The third kappa shape index (κ3) is 5.06. The predicted molar refractivity (Wildman–Crippen MR) is 80.8 cm³/mol. The smallest absolute Gasteiger partial charge is 0.244 e. The minimum Gasteiger partial charge on any atom is -0.347 e. The van der Waals surface area contributed by atoms with Gasteiger partial charge in [-0.25, -0.2) is 4.98 Å². The van der Waals surface area contributed by atoms with Crippen LogP contribution in [0, 0.1) is 6.92 Å². The SMILES string of the molecule is Cc1ccnc(NC(=O)CNC(=O)Cc2ccccc2)c1. The normalized spacial score (nSPS) is 9.95. The van der Waals surface area contributed by atoms with E-state index in [2.05, 4.69) is 15.6 Å². The molecule has 0 atom stereocenters. The summed E-state index contributed by atoms with van der Waals surface area (Å²) < 4.78 is 0. The number of hydrogen-bond acceptors (Lipinski definition) is 3. The van der Waals surface area contributed by atoms with Crippen LogP contribution in [-0.2, 0) is 16.0 Å². The van der Waals surface area contributed by atoms with Crippen LogP contribution in [0.1, 0.15) is 11.1 Å². The first kappa shape index (κ1) is 14.7. The largest absolute Gasteiger partial charge is 0.347 e. The Labute approximate surface area is 123 Å². The van der Waals surface area contributed by atoms with E-state index in [1.165, 1.54) is 0 Å². The molecule has 0 saturated carbocycles. The van der Waals surface area contributed by atoms with Gasteiger partial charge in [-0.2, -0.15) is 0 Å². The van der Waals surface area contributed by atoms with E-state index in [1.54, 1.807) is 12.3 Å². The maximum Gasteiger partial charge on any atom is 0.244 e. The fraction of sp³-hybridized carbons (Fsp3) is 0.188. The molecular formula is C16H17N3O2. The van der Waals surface area contributed by atoms with Crippen molar-refractivity contribution in [3.63, 3.8) is 0 Å². The van der Waals surface area contributed by atoms with Crippen molar-refractivity contribution in [2.75, 3.05) is 11.9 Å². The number of hydrogen-bond donors (Lipinski definition) is 2. The van der Waals surface area contributed by atoms with E-state index in [-0.39, 0.29) is 24.8 Å². The molecule has 0 fully saturated rings. The van der Waals surface area contributed by atoms with E-state index in [0.29, 0.717) is 5.82 Å². The summed E-state index contributed by atoms with van der Waals surface area (Å²) in [4.78, 5) is 27.5. The molecule has 0 aliphatic carbocycles. The zero-order chi connectivity index (χ0) is 15.1. The molecule has 2 aromatic rings. The summed E-state index contributed by atoms with van der Waals surface area (Å²) in [6.45, 7) is 1.85. The number of carbonyl (C=O) groups excluding carboxylic acids is 2. The molecule has 2 N–H and O–H groups in total. The summed E-state index contributed by atoms with van der Waals surface area (Å²) >= 11 is 0. The van der Waals surface area contributed by atoms with E-state index in [1.807, 2.05) is 43.3 Å². The Balaban J connectivity index is 1.77. The molecule has 0 spiro atoms. The summed E-state index contributed by atoms with van der Waals surface area (Å²) in [5.74, 6) is 0.000344. The standard InChI is InChI=1S/C16H17N3O2/c1-12-7-8-17-14(9-12)19-16(21)11-18-15(20)10-13-5-3-2-4-6-13/h2-9H,10-11H2,1H3,(H,18,20)(H,17,19,21). The van der Waals surface area contributed by atoms with E-state index < -0.39 is 0 Å². The summed E-state index contributed by atoms with van der Waals surface area (Å²) in [6.07, 6.45) is 1.88. The van der Waals surface area contributed by atoms with Gasteiger partial charge in [0, 0.05) is 6.20 Å². The van der Waals surface area contributed by atoms with Crippen molar-refractivity contribution >= 4 is 17.6 Å². The van der Waals surface area contributed by atoms with Crippen molar-refractivity contribution in [3.8, 4) is 0 Å². The highest BCUT2D eigenvalue weighted by Gasteiger charge is 2.07. The molecule has 0 radical (unpaired) electrons. The number of nitrogens with zero attached hydrogens (tertiary/aromatic N) is 1. The van der Waals surface area contributed by atoms with Gasteiger partial charge in [0.1, 0.15) is 5.82 Å². The number of nitrogens with one attached hydrogen (secondary N) is 2. The lowest BCUT2D eigenvalue weighted by atomic mass is 10.1. The highest BCUT2D eigenvalue weighted by atomic mass is 16.2. The first-order valence-corrected chi connectivity index (χ1v) is 6.66. The van der Waals surface area contributed by atoms with Crippen molar-refractivity contribution in [1.29, 1.82) is 0 Å². The molecule has 0 unspecified atom stereocenters.